The van der Waals surface area contributed by atoms with Crippen LogP contribution in [0.4, 0.5) is 0 Å². The van der Waals surface area contributed by atoms with Gasteiger partial charge >= 0.3 is 0 Å². The Hall–Kier alpha value is -1.55. The molecule has 0 spiro atoms. The zero-order valence-corrected chi connectivity index (χ0v) is 7.37. The highest BCUT2D eigenvalue weighted by molar-refractivity contribution is 5.55. The zero-order valence-electron chi connectivity index (χ0n) is 7.37. The number of nitrogens with zero attached hydrogens (tertiary/aromatic N) is 1. The van der Waals surface area contributed by atoms with Crippen molar-refractivity contribution in [1.29, 1.82) is 0 Å². The minimum absolute atomic E-state index is 0.784. The summed E-state index contributed by atoms with van der Waals surface area (Å²) in [6.07, 6.45) is 3.45. The largest absolute Gasteiger partial charge is 0.463 e. The lowest BCUT2D eigenvalue weighted by Crippen LogP contribution is -2.04. The number of furan rings is 1. The van der Waals surface area contributed by atoms with Gasteiger partial charge in [-0.3, -0.25) is 5.10 Å². The van der Waals surface area contributed by atoms with E-state index in [-0.39, 0.29) is 0 Å². The van der Waals surface area contributed by atoms with E-state index in [1.54, 1.807) is 12.5 Å². The van der Waals surface area contributed by atoms with Gasteiger partial charge in [-0.25, -0.2) is 0 Å². The van der Waals surface area contributed by atoms with Crippen LogP contribution in [0.5, 0.6) is 0 Å². The summed E-state index contributed by atoms with van der Waals surface area (Å²) in [5.41, 5.74) is 2.05. The van der Waals surface area contributed by atoms with Crippen LogP contribution in [0.25, 0.3) is 11.5 Å². The third kappa shape index (κ3) is 1.48. The molecule has 68 valence electrons. The third-order valence-electron chi connectivity index (χ3n) is 1.85. The van der Waals surface area contributed by atoms with Gasteiger partial charge < -0.3 is 9.73 Å². The van der Waals surface area contributed by atoms with Crippen LogP contribution >= 0.6 is 0 Å². The molecule has 2 N–H and O–H groups in total. The normalized spacial score (nSPS) is 10.5. The van der Waals surface area contributed by atoms with Crippen molar-refractivity contribution in [2.24, 2.45) is 0 Å². The molecule has 2 aromatic heterocycles. The molecule has 13 heavy (non-hydrogen) atoms. The van der Waals surface area contributed by atoms with E-state index in [0.29, 0.717) is 0 Å². The van der Waals surface area contributed by atoms with E-state index in [4.69, 9.17) is 4.42 Å². The Bertz CT molecular complexity index is 364. The average Bonchev–Trinajstić information content (AvgIpc) is 2.71. The second kappa shape index (κ2) is 3.45. The average molecular weight is 177 g/mol. The van der Waals surface area contributed by atoms with E-state index in [0.717, 1.165) is 23.6 Å². The Balaban J connectivity index is 2.35. The Morgan fingerprint density at radius 3 is 3.23 bits per heavy atom. The lowest BCUT2D eigenvalue weighted by molar-refractivity contribution is 0.578. The predicted molar refractivity (Wildman–Crippen MR) is 49.1 cm³/mol. The Morgan fingerprint density at radius 2 is 2.54 bits per heavy atom. The third-order valence-corrected chi connectivity index (χ3v) is 1.85. The fourth-order valence-electron chi connectivity index (χ4n) is 1.27. The Kier molecular flexibility index (Phi) is 2.14. The van der Waals surface area contributed by atoms with Crippen LogP contribution in [-0.2, 0) is 6.54 Å². The quantitative estimate of drug-likeness (QED) is 0.744. The number of hydrogen-bond acceptors (Lipinski definition) is 3. The summed E-state index contributed by atoms with van der Waals surface area (Å²) in [4.78, 5) is 0. The van der Waals surface area contributed by atoms with Gasteiger partial charge in [-0.2, -0.15) is 5.10 Å². The second-order valence-corrected chi connectivity index (χ2v) is 2.78. The topological polar surface area (TPSA) is 53.9 Å². The van der Waals surface area contributed by atoms with E-state index < -0.39 is 0 Å². The maximum Gasteiger partial charge on any atom is 0.151 e. The number of nitrogens with one attached hydrogen (secondary N) is 2. The van der Waals surface area contributed by atoms with Crippen LogP contribution in [-0.4, -0.2) is 17.2 Å². The van der Waals surface area contributed by atoms with E-state index in [1.165, 1.54) is 0 Å². The Morgan fingerprint density at radius 1 is 1.62 bits per heavy atom. The molecule has 2 aromatic rings. The predicted octanol–water partition coefficient (Wildman–Crippen LogP) is 1.39. The molecule has 0 unspecified atom stereocenters. The van der Waals surface area contributed by atoms with Crippen molar-refractivity contribution in [3.8, 4) is 11.5 Å². The molecule has 0 aromatic carbocycles. The highest BCUT2D eigenvalue weighted by Crippen LogP contribution is 2.20. The second-order valence-electron chi connectivity index (χ2n) is 2.78. The summed E-state index contributed by atoms with van der Waals surface area (Å²) in [6.45, 7) is 0.784. The van der Waals surface area contributed by atoms with Crippen molar-refractivity contribution < 1.29 is 4.42 Å². The van der Waals surface area contributed by atoms with Gasteiger partial charge in [0.05, 0.1) is 12.5 Å². The van der Waals surface area contributed by atoms with Gasteiger partial charge in [0.2, 0.25) is 0 Å². The number of aromatic amines is 1. The molecule has 2 heterocycles. The first kappa shape index (κ1) is 8.07. The molecule has 0 fully saturated rings. The smallest absolute Gasteiger partial charge is 0.151 e. The number of H-pyrrole nitrogens is 1. The van der Waals surface area contributed by atoms with Crippen molar-refractivity contribution in [3.63, 3.8) is 0 Å². The van der Waals surface area contributed by atoms with Crippen LogP contribution in [0.2, 0.25) is 0 Å². The van der Waals surface area contributed by atoms with Gasteiger partial charge in [0, 0.05) is 12.1 Å². The van der Waals surface area contributed by atoms with Crippen molar-refractivity contribution >= 4 is 0 Å². The molecule has 0 radical (unpaired) electrons. The maximum absolute atomic E-state index is 5.27. The minimum atomic E-state index is 0.784. The van der Waals surface area contributed by atoms with Gasteiger partial charge in [0.15, 0.2) is 5.76 Å². The van der Waals surface area contributed by atoms with Gasteiger partial charge in [-0.15, -0.1) is 0 Å². The van der Waals surface area contributed by atoms with E-state index in [2.05, 4.69) is 15.5 Å². The van der Waals surface area contributed by atoms with E-state index >= 15 is 0 Å². The van der Waals surface area contributed by atoms with Gasteiger partial charge in [0.25, 0.3) is 0 Å². The SMILES string of the molecule is CNCc1cn[nH]c1-c1ccco1. The van der Waals surface area contributed by atoms with Crippen molar-refractivity contribution in [1.82, 2.24) is 15.5 Å². The first-order chi connectivity index (χ1) is 6.42. The molecule has 0 aliphatic rings. The van der Waals surface area contributed by atoms with Gasteiger partial charge in [-0.1, -0.05) is 0 Å². The molecule has 0 atom stereocenters. The maximum atomic E-state index is 5.27. The summed E-state index contributed by atoms with van der Waals surface area (Å²) < 4.78 is 5.27. The van der Waals surface area contributed by atoms with Crippen LogP contribution in [0, 0.1) is 0 Å². The first-order valence-corrected chi connectivity index (χ1v) is 4.12. The molecule has 4 heteroatoms. The fourth-order valence-corrected chi connectivity index (χ4v) is 1.27. The van der Waals surface area contributed by atoms with Crippen LogP contribution in [0.1, 0.15) is 5.56 Å². The number of rotatable bonds is 3. The molecule has 0 saturated heterocycles. The summed E-state index contributed by atoms with van der Waals surface area (Å²) in [7, 11) is 1.90. The lowest BCUT2D eigenvalue weighted by atomic mass is 10.2. The van der Waals surface area contributed by atoms with Crippen LogP contribution in [0.3, 0.4) is 0 Å². The van der Waals surface area contributed by atoms with Gasteiger partial charge in [0.1, 0.15) is 5.69 Å². The molecule has 0 saturated carbocycles. The first-order valence-electron chi connectivity index (χ1n) is 4.12. The standard InChI is InChI=1S/C9H11N3O/c1-10-5-7-6-11-12-9(7)8-3-2-4-13-8/h2-4,6,10H,5H2,1H3,(H,11,12). The summed E-state index contributed by atoms with van der Waals surface area (Å²) in [6, 6.07) is 3.77. The molecule has 0 aliphatic carbocycles. The lowest BCUT2D eigenvalue weighted by Gasteiger charge is -1.97. The highest BCUT2D eigenvalue weighted by Gasteiger charge is 2.08. The summed E-state index contributed by atoms with van der Waals surface area (Å²) in [5, 5.41) is 9.95. The number of hydrogen-bond donors (Lipinski definition) is 2. The van der Waals surface area contributed by atoms with Crippen molar-refractivity contribution in [3.05, 3.63) is 30.2 Å². The van der Waals surface area contributed by atoms with Crippen molar-refractivity contribution in [2.75, 3.05) is 7.05 Å². The monoisotopic (exact) mass is 177 g/mol. The summed E-state index contributed by atoms with van der Waals surface area (Å²) >= 11 is 0. The van der Waals surface area contributed by atoms with Crippen LogP contribution < -0.4 is 5.32 Å². The Labute approximate surface area is 76.0 Å². The van der Waals surface area contributed by atoms with Gasteiger partial charge in [-0.05, 0) is 19.2 Å². The molecular weight excluding hydrogens is 166 g/mol. The molecule has 4 nitrogen and oxygen atoms in total. The number of aromatic nitrogens is 2. The van der Waals surface area contributed by atoms with E-state index in [1.807, 2.05) is 19.2 Å². The van der Waals surface area contributed by atoms with E-state index in [9.17, 15) is 0 Å². The van der Waals surface area contributed by atoms with Crippen LogP contribution in [0.15, 0.2) is 29.0 Å². The fraction of sp³-hybridized carbons (Fsp3) is 0.222. The molecule has 0 bridgehead atoms. The zero-order chi connectivity index (χ0) is 9.10. The highest BCUT2D eigenvalue weighted by atomic mass is 16.3. The molecule has 0 aliphatic heterocycles. The molecular formula is C9H11N3O. The van der Waals surface area contributed by atoms with Crippen molar-refractivity contribution in [2.45, 2.75) is 6.54 Å². The summed E-state index contributed by atoms with van der Waals surface area (Å²) in [5.74, 6) is 0.822. The molecule has 0 amide bonds. The molecule has 2 rings (SSSR count). The minimum Gasteiger partial charge on any atom is -0.463 e.